The molecule has 20 heavy (non-hydrogen) atoms. The van der Waals surface area contributed by atoms with Gasteiger partial charge in [-0.3, -0.25) is 4.79 Å². The van der Waals surface area contributed by atoms with E-state index in [0.717, 1.165) is 24.1 Å². The Morgan fingerprint density at radius 1 is 1.35 bits per heavy atom. The summed E-state index contributed by atoms with van der Waals surface area (Å²) in [6.45, 7) is 0.477. The van der Waals surface area contributed by atoms with Gasteiger partial charge in [0.1, 0.15) is 0 Å². The van der Waals surface area contributed by atoms with Crippen LogP contribution in [0.15, 0.2) is 5.38 Å². The number of hydrogen-bond donors (Lipinski definition) is 1. The van der Waals surface area contributed by atoms with E-state index in [9.17, 15) is 13.2 Å². The second kappa shape index (κ2) is 5.48. The molecule has 1 aromatic heterocycles. The standard InChI is InChI=1S/C14H19NO3S2/c16-14(15-7-10-5-6-20(17,18)9-10)13-12-4-2-1-3-11(12)8-19-13/h8,10H,1-7,9H2,(H,15,16). The smallest absolute Gasteiger partial charge is 0.261 e. The molecule has 2 aliphatic rings. The second-order valence-electron chi connectivity index (χ2n) is 5.75. The first kappa shape index (κ1) is 14.1. The van der Waals surface area contributed by atoms with Gasteiger partial charge in [-0.05, 0) is 54.5 Å². The number of sulfone groups is 1. The minimum absolute atomic E-state index is 0.0255. The summed E-state index contributed by atoms with van der Waals surface area (Å²) in [6.07, 6.45) is 5.13. The number of aryl methyl sites for hydroxylation is 1. The molecule has 6 heteroatoms. The molecule has 110 valence electrons. The summed E-state index contributed by atoms with van der Waals surface area (Å²) >= 11 is 1.53. The quantitative estimate of drug-likeness (QED) is 0.925. The zero-order valence-corrected chi connectivity index (χ0v) is 13.0. The molecule has 1 saturated heterocycles. The van der Waals surface area contributed by atoms with Gasteiger partial charge < -0.3 is 5.32 Å². The molecule has 1 unspecified atom stereocenters. The van der Waals surface area contributed by atoms with Crippen molar-refractivity contribution in [2.75, 3.05) is 18.1 Å². The SMILES string of the molecule is O=C(NCC1CCS(=O)(=O)C1)c1scc2c1CCCC2. The fourth-order valence-electron chi connectivity index (χ4n) is 3.06. The maximum absolute atomic E-state index is 12.2. The van der Waals surface area contributed by atoms with Gasteiger partial charge in [-0.25, -0.2) is 8.42 Å². The second-order valence-corrected chi connectivity index (χ2v) is 8.86. The van der Waals surface area contributed by atoms with Crippen molar-refractivity contribution in [2.24, 2.45) is 5.92 Å². The molecule has 0 radical (unpaired) electrons. The predicted molar refractivity (Wildman–Crippen MR) is 80.1 cm³/mol. The molecule has 0 bridgehead atoms. The summed E-state index contributed by atoms with van der Waals surface area (Å²) in [5.74, 6) is 0.541. The zero-order chi connectivity index (χ0) is 14.2. The van der Waals surface area contributed by atoms with Crippen LogP contribution in [0.3, 0.4) is 0 Å². The molecule has 3 rings (SSSR count). The number of amides is 1. The van der Waals surface area contributed by atoms with Gasteiger partial charge in [0.15, 0.2) is 9.84 Å². The Hall–Kier alpha value is -0.880. The van der Waals surface area contributed by atoms with E-state index in [2.05, 4.69) is 10.7 Å². The average Bonchev–Trinajstić information content (AvgIpc) is 2.99. The minimum atomic E-state index is -2.86. The fourth-order valence-corrected chi connectivity index (χ4v) is 6.00. The topological polar surface area (TPSA) is 63.2 Å². The molecule has 1 aliphatic heterocycles. The lowest BCUT2D eigenvalue weighted by Crippen LogP contribution is -2.30. The van der Waals surface area contributed by atoms with Crippen LogP contribution in [0.1, 0.15) is 40.1 Å². The molecule has 1 aromatic rings. The number of hydrogen-bond acceptors (Lipinski definition) is 4. The summed E-state index contributed by atoms with van der Waals surface area (Å²) in [7, 11) is -2.86. The van der Waals surface area contributed by atoms with E-state index in [1.54, 1.807) is 0 Å². The fraction of sp³-hybridized carbons (Fsp3) is 0.643. The lowest BCUT2D eigenvalue weighted by atomic mass is 9.94. The van der Waals surface area contributed by atoms with Crippen molar-refractivity contribution < 1.29 is 13.2 Å². The van der Waals surface area contributed by atoms with Crippen LogP contribution in [0.25, 0.3) is 0 Å². The van der Waals surface area contributed by atoms with E-state index in [1.165, 1.54) is 28.9 Å². The molecule has 0 aromatic carbocycles. The number of fused-ring (bicyclic) bond motifs is 1. The third kappa shape index (κ3) is 2.91. The minimum Gasteiger partial charge on any atom is -0.351 e. The molecule has 1 N–H and O–H groups in total. The summed E-state index contributed by atoms with van der Waals surface area (Å²) in [5.41, 5.74) is 2.55. The van der Waals surface area contributed by atoms with Gasteiger partial charge in [0.25, 0.3) is 5.91 Å². The highest BCUT2D eigenvalue weighted by molar-refractivity contribution is 7.91. The largest absolute Gasteiger partial charge is 0.351 e. The van der Waals surface area contributed by atoms with Crippen LogP contribution < -0.4 is 5.32 Å². The van der Waals surface area contributed by atoms with Crippen LogP contribution in [-0.4, -0.2) is 32.4 Å². The van der Waals surface area contributed by atoms with Crippen LogP contribution in [0, 0.1) is 5.92 Å². The molecular formula is C14H19NO3S2. The van der Waals surface area contributed by atoms with Gasteiger partial charge in [0.05, 0.1) is 16.4 Å². The first-order valence-electron chi connectivity index (χ1n) is 7.13. The molecule has 2 heterocycles. The third-order valence-electron chi connectivity index (χ3n) is 4.19. The highest BCUT2D eigenvalue weighted by Gasteiger charge is 2.28. The molecule has 0 spiro atoms. The van der Waals surface area contributed by atoms with Gasteiger partial charge >= 0.3 is 0 Å². The van der Waals surface area contributed by atoms with Crippen LogP contribution in [0.4, 0.5) is 0 Å². The molecule has 1 amide bonds. The Bertz CT molecular complexity index is 618. The number of thiophene rings is 1. The van der Waals surface area contributed by atoms with Gasteiger partial charge in [0.2, 0.25) is 0 Å². The van der Waals surface area contributed by atoms with Crippen molar-refractivity contribution >= 4 is 27.1 Å². The summed E-state index contributed by atoms with van der Waals surface area (Å²) < 4.78 is 22.8. The number of rotatable bonds is 3. The highest BCUT2D eigenvalue weighted by Crippen LogP contribution is 2.29. The zero-order valence-electron chi connectivity index (χ0n) is 11.4. The highest BCUT2D eigenvalue weighted by atomic mass is 32.2. The summed E-state index contributed by atoms with van der Waals surface area (Å²) in [5, 5.41) is 5.02. The van der Waals surface area contributed by atoms with Crippen molar-refractivity contribution in [3.05, 3.63) is 21.4 Å². The van der Waals surface area contributed by atoms with Crippen molar-refractivity contribution in [3.63, 3.8) is 0 Å². The van der Waals surface area contributed by atoms with Gasteiger partial charge in [-0.15, -0.1) is 11.3 Å². The van der Waals surface area contributed by atoms with Crippen LogP contribution in [0.5, 0.6) is 0 Å². The maximum Gasteiger partial charge on any atom is 0.261 e. The monoisotopic (exact) mass is 313 g/mol. The third-order valence-corrected chi connectivity index (χ3v) is 7.09. The first-order valence-corrected chi connectivity index (χ1v) is 9.83. The molecular weight excluding hydrogens is 294 g/mol. The summed E-state index contributed by atoms with van der Waals surface area (Å²) in [4.78, 5) is 13.1. The van der Waals surface area contributed by atoms with E-state index in [4.69, 9.17) is 0 Å². The maximum atomic E-state index is 12.2. The Kier molecular flexibility index (Phi) is 3.86. The summed E-state index contributed by atoms with van der Waals surface area (Å²) in [6, 6.07) is 0. The van der Waals surface area contributed by atoms with E-state index < -0.39 is 9.84 Å². The van der Waals surface area contributed by atoms with Crippen molar-refractivity contribution in [2.45, 2.75) is 32.1 Å². The lowest BCUT2D eigenvalue weighted by Gasteiger charge is -2.13. The van der Waals surface area contributed by atoms with Crippen LogP contribution in [0.2, 0.25) is 0 Å². The molecule has 1 atom stereocenters. The first-order chi connectivity index (χ1) is 9.55. The van der Waals surface area contributed by atoms with Crippen molar-refractivity contribution in [3.8, 4) is 0 Å². The van der Waals surface area contributed by atoms with E-state index in [-0.39, 0.29) is 23.3 Å². The van der Waals surface area contributed by atoms with Crippen LogP contribution >= 0.6 is 11.3 Å². The predicted octanol–water partition coefficient (Wildman–Crippen LogP) is 1.79. The van der Waals surface area contributed by atoms with Gasteiger partial charge in [-0.2, -0.15) is 0 Å². The van der Waals surface area contributed by atoms with Crippen LogP contribution in [-0.2, 0) is 22.7 Å². The van der Waals surface area contributed by atoms with Gasteiger partial charge in [-0.1, -0.05) is 0 Å². The Morgan fingerprint density at radius 3 is 2.90 bits per heavy atom. The molecule has 1 fully saturated rings. The molecule has 1 aliphatic carbocycles. The Morgan fingerprint density at radius 2 is 2.15 bits per heavy atom. The van der Waals surface area contributed by atoms with E-state index >= 15 is 0 Å². The number of nitrogens with one attached hydrogen (secondary N) is 1. The lowest BCUT2D eigenvalue weighted by molar-refractivity contribution is 0.0951. The van der Waals surface area contributed by atoms with Gasteiger partial charge in [0, 0.05) is 6.54 Å². The van der Waals surface area contributed by atoms with E-state index in [0.29, 0.717) is 13.0 Å². The Balaban J connectivity index is 1.61. The average molecular weight is 313 g/mol. The number of carbonyl (C=O) groups excluding carboxylic acids is 1. The Labute approximate surface area is 123 Å². The van der Waals surface area contributed by atoms with E-state index in [1.807, 2.05) is 0 Å². The van der Waals surface area contributed by atoms with Crippen molar-refractivity contribution in [1.29, 1.82) is 0 Å². The molecule has 0 saturated carbocycles. The normalized spacial score (nSPS) is 24.3. The van der Waals surface area contributed by atoms with Crippen molar-refractivity contribution in [1.82, 2.24) is 5.32 Å². The molecule has 4 nitrogen and oxygen atoms in total. The number of carbonyl (C=O) groups is 1.